The van der Waals surface area contributed by atoms with Gasteiger partial charge in [0.25, 0.3) is 10.3 Å². The zero-order valence-corrected chi connectivity index (χ0v) is 6.25. The Kier molecular flexibility index (Phi) is 6.89. The predicted molar refractivity (Wildman–Crippen MR) is 27.8 cm³/mol. The molecule has 0 heterocycles. The molecule has 0 aliphatic rings. The second kappa shape index (κ2) is 5.08. The summed E-state index contributed by atoms with van der Waals surface area (Å²) in [5.74, 6) is 0. The third-order valence-electron chi connectivity index (χ3n) is 0.332. The Morgan fingerprint density at radius 3 is 1.75 bits per heavy atom. The summed E-state index contributed by atoms with van der Waals surface area (Å²) in [7, 11) is 1.46. The highest BCUT2D eigenvalue weighted by Crippen LogP contribution is 1.21. The molecule has 0 aromatic heterocycles. The van der Waals surface area contributed by atoms with Crippen molar-refractivity contribution < 1.29 is 25.7 Å². The van der Waals surface area contributed by atoms with Crippen LogP contribution in [0, 0.1) is 0 Å². The van der Waals surface area contributed by atoms with Gasteiger partial charge in [-0.1, -0.05) is 0 Å². The maximum atomic E-state index is 9.73. The second-order valence-electron chi connectivity index (χ2n) is 1.46. The highest BCUT2D eigenvalue weighted by molar-refractivity contribution is 7.70. The van der Waals surface area contributed by atoms with Gasteiger partial charge in [0.05, 0.1) is 14.1 Å². The molecule has 5 heteroatoms. The minimum Gasteiger partial charge on any atom is -1.00 e. The van der Waals surface area contributed by atoms with Crippen LogP contribution in [0.3, 0.4) is 0 Å². The van der Waals surface area contributed by atoms with Gasteiger partial charge in [0, 0.05) is 0 Å². The van der Waals surface area contributed by atoms with E-state index < -0.39 is 10.3 Å². The SMILES string of the molecule is C[NH+](C)C=S(=O)=O.[Cl-]. The molecule has 0 saturated carbocycles. The standard InChI is InChI=1S/C3H7NO2S.ClH/c1-4(2)3-7(5)6;/h3H,1-2H3;1H. The smallest absolute Gasteiger partial charge is 0.268 e. The fraction of sp³-hybridized carbons (Fsp3) is 0.667. The molecule has 50 valence electrons. The number of hydrogen-bond donors (Lipinski definition) is 1. The van der Waals surface area contributed by atoms with E-state index in [2.05, 4.69) is 0 Å². The van der Waals surface area contributed by atoms with Crippen molar-refractivity contribution in [3.63, 3.8) is 0 Å². The molecule has 1 N–H and O–H groups in total. The molecule has 8 heavy (non-hydrogen) atoms. The summed E-state index contributed by atoms with van der Waals surface area (Å²) in [4.78, 5) is 0.799. The van der Waals surface area contributed by atoms with Gasteiger partial charge in [-0.3, -0.25) is 0 Å². The van der Waals surface area contributed by atoms with Crippen molar-refractivity contribution in [1.29, 1.82) is 0 Å². The molecule has 0 fully saturated rings. The molecule has 0 aromatic carbocycles. The topological polar surface area (TPSA) is 38.6 Å². The van der Waals surface area contributed by atoms with Crippen molar-refractivity contribution in [2.75, 3.05) is 14.1 Å². The molecular formula is C3H8ClNO2S. The largest absolute Gasteiger partial charge is 1.00 e. The number of halogens is 1. The third kappa shape index (κ3) is 9.34. The second-order valence-corrected chi connectivity index (χ2v) is 2.21. The molecule has 3 nitrogen and oxygen atoms in total. The van der Waals surface area contributed by atoms with Crippen molar-refractivity contribution in [2.24, 2.45) is 0 Å². The fourth-order valence-corrected chi connectivity index (χ4v) is 0.577. The van der Waals surface area contributed by atoms with Gasteiger partial charge in [0.2, 0.25) is 5.49 Å². The van der Waals surface area contributed by atoms with Crippen LogP contribution in [0.25, 0.3) is 0 Å². The maximum Gasteiger partial charge on any atom is 0.268 e. The van der Waals surface area contributed by atoms with E-state index in [4.69, 9.17) is 0 Å². The lowest BCUT2D eigenvalue weighted by molar-refractivity contribution is -0.747. The van der Waals surface area contributed by atoms with Gasteiger partial charge in [-0.15, -0.1) is 0 Å². The van der Waals surface area contributed by atoms with Crippen molar-refractivity contribution in [1.82, 2.24) is 0 Å². The highest BCUT2D eigenvalue weighted by atomic mass is 35.5. The molecule has 0 aliphatic carbocycles. The minimum absolute atomic E-state index is 0. The Morgan fingerprint density at radius 2 is 1.75 bits per heavy atom. The summed E-state index contributed by atoms with van der Waals surface area (Å²) in [6, 6.07) is 0. The molecular weight excluding hydrogens is 150 g/mol. The van der Waals surface area contributed by atoms with Crippen LogP contribution in [0.1, 0.15) is 0 Å². The normalized spacial score (nSPS) is 7.88. The molecule has 0 amide bonds. The molecule has 0 radical (unpaired) electrons. The van der Waals surface area contributed by atoms with Crippen molar-refractivity contribution >= 4 is 15.8 Å². The molecule has 0 aliphatic heterocycles. The fourth-order valence-electron chi connectivity index (χ4n) is 0.192. The minimum atomic E-state index is -2.01. The number of rotatable bonds is 1. The van der Waals surface area contributed by atoms with E-state index >= 15 is 0 Å². The first-order valence-corrected chi connectivity index (χ1v) is 3.00. The van der Waals surface area contributed by atoms with Crippen LogP contribution in [0.15, 0.2) is 0 Å². The highest BCUT2D eigenvalue weighted by Gasteiger charge is 1.79. The molecule has 0 saturated heterocycles. The van der Waals surface area contributed by atoms with Gasteiger partial charge < -0.3 is 17.3 Å². The monoisotopic (exact) mass is 157 g/mol. The summed E-state index contributed by atoms with van der Waals surface area (Å²) >= 11 is 0. The zero-order valence-electron chi connectivity index (χ0n) is 4.68. The van der Waals surface area contributed by atoms with E-state index in [1.54, 1.807) is 14.1 Å². The van der Waals surface area contributed by atoms with Crippen LogP contribution in [0.4, 0.5) is 0 Å². The lowest BCUT2D eigenvalue weighted by Crippen LogP contribution is -3.04. The van der Waals surface area contributed by atoms with Crippen molar-refractivity contribution in [3.05, 3.63) is 0 Å². The number of quaternary nitrogens is 1. The van der Waals surface area contributed by atoms with E-state index in [1.165, 1.54) is 5.49 Å². The Balaban J connectivity index is 0. The van der Waals surface area contributed by atoms with Crippen LogP contribution in [0.5, 0.6) is 0 Å². The van der Waals surface area contributed by atoms with Gasteiger partial charge >= 0.3 is 0 Å². The molecule has 0 atom stereocenters. The molecule has 0 bridgehead atoms. The first-order valence-electron chi connectivity index (χ1n) is 1.86. The maximum absolute atomic E-state index is 9.73. The molecule has 0 unspecified atom stereocenters. The summed E-state index contributed by atoms with van der Waals surface area (Å²) in [6.07, 6.45) is 0. The van der Waals surface area contributed by atoms with Gasteiger partial charge in [-0.05, 0) is 0 Å². The van der Waals surface area contributed by atoms with Crippen molar-refractivity contribution in [3.8, 4) is 0 Å². The average Bonchev–Trinajstić information content (AvgIpc) is 1.27. The molecule has 0 rings (SSSR count). The zero-order chi connectivity index (χ0) is 5.86. The van der Waals surface area contributed by atoms with Crippen LogP contribution in [-0.2, 0) is 10.3 Å². The van der Waals surface area contributed by atoms with E-state index in [0.717, 1.165) is 4.90 Å². The first-order chi connectivity index (χ1) is 3.13. The van der Waals surface area contributed by atoms with Gasteiger partial charge in [-0.25, -0.2) is 0 Å². The van der Waals surface area contributed by atoms with Crippen LogP contribution >= 0.6 is 0 Å². The summed E-state index contributed by atoms with van der Waals surface area (Å²) in [5.41, 5.74) is 1.17. The summed E-state index contributed by atoms with van der Waals surface area (Å²) in [5, 5.41) is 0. The van der Waals surface area contributed by atoms with E-state index in [0.29, 0.717) is 0 Å². The summed E-state index contributed by atoms with van der Waals surface area (Å²) in [6.45, 7) is 0. The van der Waals surface area contributed by atoms with Gasteiger partial charge in [0.1, 0.15) is 0 Å². The van der Waals surface area contributed by atoms with E-state index in [1.807, 2.05) is 0 Å². The number of nitrogens with one attached hydrogen (secondary N) is 1. The predicted octanol–water partition coefficient (Wildman–Crippen LogP) is -5.23. The van der Waals surface area contributed by atoms with Crippen molar-refractivity contribution in [2.45, 2.75) is 0 Å². The van der Waals surface area contributed by atoms with Gasteiger partial charge in [0.15, 0.2) is 0 Å². The first kappa shape index (κ1) is 10.8. The Bertz CT molecular complexity index is 152. The summed E-state index contributed by atoms with van der Waals surface area (Å²) < 4.78 is 19.5. The van der Waals surface area contributed by atoms with Crippen LogP contribution in [0.2, 0.25) is 0 Å². The average molecular weight is 158 g/mol. The lowest BCUT2D eigenvalue weighted by atomic mass is 11.0. The van der Waals surface area contributed by atoms with E-state index in [9.17, 15) is 8.42 Å². The van der Waals surface area contributed by atoms with Gasteiger partial charge in [-0.2, -0.15) is 8.42 Å². The Labute approximate surface area is 56.2 Å². The molecule has 0 aromatic rings. The van der Waals surface area contributed by atoms with E-state index in [-0.39, 0.29) is 12.4 Å². The Morgan fingerprint density at radius 1 is 1.38 bits per heavy atom. The lowest BCUT2D eigenvalue weighted by Gasteiger charge is -1.88. The Hall–Kier alpha value is -0.0600. The van der Waals surface area contributed by atoms with Crippen LogP contribution in [-0.4, -0.2) is 28.0 Å². The quantitative estimate of drug-likeness (QED) is 0.387. The third-order valence-corrected chi connectivity index (χ3v) is 0.996. The van der Waals surface area contributed by atoms with Crippen LogP contribution < -0.4 is 17.3 Å². The molecule has 0 spiro atoms. The number of hydrogen-bond acceptors (Lipinski definition) is 2.